The van der Waals surface area contributed by atoms with Crippen LogP contribution in [0.3, 0.4) is 0 Å². The topological polar surface area (TPSA) is 42.0 Å². The number of benzene rings is 1. The minimum Gasteiger partial charge on any atom is -0.301 e. The van der Waals surface area contributed by atoms with Gasteiger partial charge in [-0.3, -0.25) is 4.79 Å². The Kier molecular flexibility index (Phi) is 3.56. The first-order chi connectivity index (χ1) is 7.97. The van der Waals surface area contributed by atoms with Crippen molar-refractivity contribution in [1.82, 2.24) is 4.98 Å². The lowest BCUT2D eigenvalue weighted by Crippen LogP contribution is -2.19. The van der Waals surface area contributed by atoms with Gasteiger partial charge in [0.15, 0.2) is 5.13 Å². The van der Waals surface area contributed by atoms with Crippen molar-refractivity contribution in [3.8, 4) is 0 Å². The third-order valence-electron chi connectivity index (χ3n) is 2.26. The first kappa shape index (κ1) is 12.6. The van der Waals surface area contributed by atoms with Crippen molar-refractivity contribution >= 4 is 55.8 Å². The van der Waals surface area contributed by atoms with Gasteiger partial charge >= 0.3 is 0 Å². The Morgan fingerprint density at radius 3 is 2.88 bits per heavy atom. The molecule has 1 atom stereocenters. The molecule has 0 saturated carbocycles. The number of nitrogens with one attached hydrogen (secondary N) is 1. The van der Waals surface area contributed by atoms with Crippen molar-refractivity contribution in [2.45, 2.75) is 19.2 Å². The predicted octanol–water partition coefficient (Wildman–Crippen LogP) is 3.82. The maximum Gasteiger partial charge on any atom is 0.243 e. The summed E-state index contributed by atoms with van der Waals surface area (Å²) in [5.41, 5.74) is 1.77. The van der Waals surface area contributed by atoms with E-state index in [2.05, 4.69) is 10.3 Å². The number of alkyl halides is 1. The van der Waals surface area contributed by atoms with Gasteiger partial charge in [0.1, 0.15) is 5.38 Å². The van der Waals surface area contributed by atoms with E-state index in [9.17, 15) is 4.79 Å². The van der Waals surface area contributed by atoms with Gasteiger partial charge in [0, 0.05) is 5.02 Å². The number of fused-ring (bicyclic) bond motifs is 1. The van der Waals surface area contributed by atoms with Crippen LogP contribution in [-0.2, 0) is 4.79 Å². The van der Waals surface area contributed by atoms with E-state index in [1.165, 1.54) is 11.3 Å². The molecule has 1 N–H and O–H groups in total. The first-order valence-corrected chi connectivity index (χ1v) is 6.62. The van der Waals surface area contributed by atoms with Crippen LogP contribution in [0.4, 0.5) is 5.13 Å². The van der Waals surface area contributed by atoms with E-state index in [0.29, 0.717) is 10.2 Å². The Hall–Kier alpha value is -0.840. The lowest BCUT2D eigenvalue weighted by molar-refractivity contribution is -0.115. The van der Waals surface area contributed by atoms with Gasteiger partial charge in [-0.25, -0.2) is 4.98 Å². The third kappa shape index (κ3) is 2.70. The summed E-state index contributed by atoms with van der Waals surface area (Å²) in [5, 5.41) is 3.30. The fourth-order valence-electron chi connectivity index (χ4n) is 1.31. The number of rotatable bonds is 2. The lowest BCUT2D eigenvalue weighted by Gasteiger charge is -2.01. The van der Waals surface area contributed by atoms with Crippen LogP contribution in [0.5, 0.6) is 0 Å². The molecule has 1 aromatic carbocycles. The van der Waals surface area contributed by atoms with Crippen LogP contribution < -0.4 is 5.32 Å². The van der Waals surface area contributed by atoms with Crippen LogP contribution in [-0.4, -0.2) is 16.3 Å². The van der Waals surface area contributed by atoms with Crippen molar-refractivity contribution in [1.29, 1.82) is 0 Å². The largest absolute Gasteiger partial charge is 0.301 e. The summed E-state index contributed by atoms with van der Waals surface area (Å²) < 4.78 is 0.990. The van der Waals surface area contributed by atoms with Gasteiger partial charge in [-0.2, -0.15) is 0 Å². The predicted molar refractivity (Wildman–Crippen MR) is 73.3 cm³/mol. The third-order valence-corrected chi connectivity index (χ3v) is 3.80. The Labute approximate surface area is 113 Å². The number of nitrogens with zero attached hydrogens (tertiary/aromatic N) is 1. The Balaban J connectivity index is 2.35. The van der Waals surface area contributed by atoms with Gasteiger partial charge in [-0.15, -0.1) is 11.6 Å². The Bertz CT molecular complexity index is 541. The van der Waals surface area contributed by atoms with E-state index < -0.39 is 5.38 Å². The van der Waals surface area contributed by atoms with Crippen molar-refractivity contribution in [3.05, 3.63) is 22.7 Å². The molecule has 6 heteroatoms. The zero-order valence-corrected chi connectivity index (χ0v) is 11.6. The monoisotopic (exact) mass is 288 g/mol. The van der Waals surface area contributed by atoms with Crippen LogP contribution >= 0.6 is 34.5 Å². The van der Waals surface area contributed by atoms with Crippen molar-refractivity contribution < 1.29 is 4.79 Å². The summed E-state index contributed by atoms with van der Waals surface area (Å²) in [6.07, 6.45) is 0. The molecular weight excluding hydrogens is 279 g/mol. The van der Waals surface area contributed by atoms with Crippen molar-refractivity contribution in [3.63, 3.8) is 0 Å². The second-order valence-electron chi connectivity index (χ2n) is 3.69. The molecule has 0 aliphatic heterocycles. The number of carbonyl (C=O) groups is 1. The van der Waals surface area contributed by atoms with Crippen molar-refractivity contribution in [2.75, 3.05) is 5.32 Å². The van der Waals surface area contributed by atoms with Crippen LogP contribution in [0.15, 0.2) is 12.1 Å². The first-order valence-electron chi connectivity index (χ1n) is 4.99. The van der Waals surface area contributed by atoms with Crippen LogP contribution in [0.2, 0.25) is 5.02 Å². The highest BCUT2D eigenvalue weighted by molar-refractivity contribution is 7.22. The summed E-state index contributed by atoms with van der Waals surface area (Å²) in [6, 6.07) is 3.75. The van der Waals surface area contributed by atoms with E-state index in [4.69, 9.17) is 23.2 Å². The molecule has 0 aliphatic rings. The molecule has 0 bridgehead atoms. The van der Waals surface area contributed by atoms with E-state index in [-0.39, 0.29) is 5.91 Å². The Morgan fingerprint density at radius 2 is 2.24 bits per heavy atom. The molecule has 1 aromatic heterocycles. The van der Waals surface area contributed by atoms with Gasteiger partial charge in [0.2, 0.25) is 5.91 Å². The van der Waals surface area contributed by atoms with Crippen LogP contribution in [0.1, 0.15) is 12.5 Å². The van der Waals surface area contributed by atoms with Crippen LogP contribution in [0, 0.1) is 6.92 Å². The normalized spacial score (nSPS) is 12.7. The zero-order chi connectivity index (χ0) is 12.6. The maximum atomic E-state index is 11.4. The molecule has 0 saturated heterocycles. The quantitative estimate of drug-likeness (QED) is 0.854. The molecule has 0 radical (unpaired) electrons. The molecule has 1 heterocycles. The molecule has 90 valence electrons. The van der Waals surface area contributed by atoms with Crippen molar-refractivity contribution in [2.24, 2.45) is 0 Å². The Morgan fingerprint density at radius 1 is 1.53 bits per heavy atom. The molecule has 2 rings (SSSR count). The SMILES string of the molecule is Cc1cc2sc(NC(=O)[C@@H](C)Cl)nc2cc1Cl. The summed E-state index contributed by atoms with van der Waals surface area (Å²) in [5.74, 6) is -0.256. The second-order valence-corrected chi connectivity index (χ2v) is 5.79. The molecule has 0 fully saturated rings. The van der Waals surface area contributed by atoms with Gasteiger partial charge in [0.25, 0.3) is 0 Å². The van der Waals surface area contributed by atoms with Gasteiger partial charge < -0.3 is 5.32 Å². The van der Waals surface area contributed by atoms with Gasteiger partial charge in [-0.1, -0.05) is 22.9 Å². The van der Waals surface area contributed by atoms with E-state index in [0.717, 1.165) is 15.8 Å². The molecule has 0 spiro atoms. The number of halogens is 2. The lowest BCUT2D eigenvalue weighted by atomic mass is 10.2. The average Bonchev–Trinajstić information content (AvgIpc) is 2.60. The molecule has 0 aliphatic carbocycles. The van der Waals surface area contributed by atoms with E-state index in [1.807, 2.05) is 13.0 Å². The highest BCUT2D eigenvalue weighted by atomic mass is 35.5. The molecule has 1 amide bonds. The number of thiazole rings is 1. The second kappa shape index (κ2) is 4.80. The molecule has 3 nitrogen and oxygen atoms in total. The molecule has 17 heavy (non-hydrogen) atoms. The number of hydrogen-bond donors (Lipinski definition) is 1. The van der Waals surface area contributed by atoms with Gasteiger partial charge in [-0.05, 0) is 31.5 Å². The number of amides is 1. The number of anilines is 1. The highest BCUT2D eigenvalue weighted by Gasteiger charge is 2.12. The van der Waals surface area contributed by atoms with E-state index >= 15 is 0 Å². The number of carbonyl (C=O) groups excluding carboxylic acids is 1. The fourth-order valence-corrected chi connectivity index (χ4v) is 2.47. The minimum atomic E-state index is -0.577. The molecule has 2 aromatic rings. The minimum absolute atomic E-state index is 0.256. The number of hydrogen-bond acceptors (Lipinski definition) is 3. The summed E-state index contributed by atoms with van der Waals surface area (Å²) >= 11 is 13.1. The summed E-state index contributed by atoms with van der Waals surface area (Å²) in [4.78, 5) is 15.7. The van der Waals surface area contributed by atoms with Gasteiger partial charge in [0.05, 0.1) is 10.2 Å². The number of aryl methyl sites for hydroxylation is 1. The fraction of sp³-hybridized carbons (Fsp3) is 0.273. The number of aromatic nitrogens is 1. The summed E-state index contributed by atoms with van der Waals surface area (Å²) in [6.45, 7) is 3.55. The molecule has 0 unspecified atom stereocenters. The highest BCUT2D eigenvalue weighted by Crippen LogP contribution is 2.30. The molecular formula is C11H10Cl2N2OS. The van der Waals surface area contributed by atoms with E-state index in [1.54, 1.807) is 13.0 Å². The summed E-state index contributed by atoms with van der Waals surface area (Å²) in [7, 11) is 0. The smallest absolute Gasteiger partial charge is 0.243 e. The maximum absolute atomic E-state index is 11.4. The standard InChI is InChI=1S/C11H10Cl2N2OS/c1-5-3-9-8(4-7(5)13)14-11(17-9)15-10(16)6(2)12/h3-4,6H,1-2H3,(H,14,15,16)/t6-/m1/s1. The van der Waals surface area contributed by atoms with Crippen LogP contribution in [0.25, 0.3) is 10.2 Å². The average molecular weight is 289 g/mol. The zero-order valence-electron chi connectivity index (χ0n) is 9.25.